The zero-order valence-electron chi connectivity index (χ0n) is 12.5. The van der Waals surface area contributed by atoms with Crippen LogP contribution in [-0.2, 0) is 13.1 Å². The largest absolute Gasteiger partial charge is 0.467 e. The smallest absolute Gasteiger partial charge is 0.169 e. The summed E-state index contributed by atoms with van der Waals surface area (Å²) in [6.07, 6.45) is 3.48. The first-order chi connectivity index (χ1) is 10.1. The molecule has 0 aliphatic carbocycles. The first-order valence-corrected chi connectivity index (χ1v) is 7.51. The van der Waals surface area contributed by atoms with E-state index in [1.807, 2.05) is 30.3 Å². The quantitative estimate of drug-likeness (QED) is 0.830. The van der Waals surface area contributed by atoms with E-state index in [1.54, 1.807) is 12.5 Å². The van der Waals surface area contributed by atoms with Crippen molar-refractivity contribution in [1.82, 2.24) is 15.2 Å². The van der Waals surface area contributed by atoms with E-state index in [0.29, 0.717) is 19.0 Å². The molecule has 2 heterocycles. The van der Waals surface area contributed by atoms with Gasteiger partial charge in [0.1, 0.15) is 5.76 Å². The second-order valence-corrected chi connectivity index (χ2v) is 5.72. The Labute approximate surface area is 131 Å². The van der Waals surface area contributed by atoms with E-state index in [1.165, 1.54) is 0 Å². The van der Waals surface area contributed by atoms with Gasteiger partial charge in [0.15, 0.2) is 5.11 Å². The van der Waals surface area contributed by atoms with Crippen LogP contribution in [0.5, 0.6) is 0 Å². The summed E-state index contributed by atoms with van der Waals surface area (Å²) >= 11 is 5.51. The third-order valence-electron chi connectivity index (χ3n) is 2.95. The molecule has 0 aromatic carbocycles. The monoisotopic (exact) mass is 303 g/mol. The fourth-order valence-electron chi connectivity index (χ4n) is 1.88. The van der Waals surface area contributed by atoms with Gasteiger partial charge in [0.2, 0.25) is 0 Å². The molecule has 1 N–H and O–H groups in total. The van der Waals surface area contributed by atoms with Crippen molar-refractivity contribution in [3.63, 3.8) is 0 Å². The molecule has 0 saturated heterocycles. The minimum Gasteiger partial charge on any atom is -0.467 e. The number of hydrogen-bond acceptors (Lipinski definition) is 3. The van der Waals surface area contributed by atoms with E-state index in [9.17, 15) is 0 Å². The van der Waals surface area contributed by atoms with Gasteiger partial charge in [0.05, 0.1) is 25.0 Å². The number of nitrogens with zero attached hydrogens (tertiary/aromatic N) is 2. The van der Waals surface area contributed by atoms with Gasteiger partial charge in [-0.2, -0.15) is 0 Å². The normalized spacial score (nSPS) is 10.6. The SMILES string of the molecule is CC(C)CNC(=S)N(Cc1ccccn1)Cc1ccco1. The highest BCUT2D eigenvalue weighted by Crippen LogP contribution is 2.10. The number of thiocarbonyl (C=S) groups is 1. The van der Waals surface area contributed by atoms with Crippen LogP contribution < -0.4 is 5.32 Å². The van der Waals surface area contributed by atoms with Crippen LogP contribution in [0.4, 0.5) is 0 Å². The average Bonchev–Trinajstić information content (AvgIpc) is 2.98. The molecule has 2 rings (SSSR count). The Kier molecular flexibility index (Phi) is 5.75. The van der Waals surface area contributed by atoms with Crippen molar-refractivity contribution in [3.05, 3.63) is 54.2 Å². The highest BCUT2D eigenvalue weighted by molar-refractivity contribution is 7.80. The minimum absolute atomic E-state index is 0.545. The average molecular weight is 303 g/mol. The lowest BCUT2D eigenvalue weighted by molar-refractivity contribution is 0.346. The van der Waals surface area contributed by atoms with E-state index in [-0.39, 0.29) is 0 Å². The fourth-order valence-corrected chi connectivity index (χ4v) is 2.09. The molecule has 21 heavy (non-hydrogen) atoms. The molecule has 5 heteroatoms. The summed E-state index contributed by atoms with van der Waals surface area (Å²) in [5.74, 6) is 1.43. The van der Waals surface area contributed by atoms with Gasteiger partial charge in [-0.3, -0.25) is 4.98 Å². The maximum absolute atomic E-state index is 5.51. The molecule has 0 unspecified atom stereocenters. The van der Waals surface area contributed by atoms with E-state index >= 15 is 0 Å². The Hall–Kier alpha value is -1.88. The predicted molar refractivity (Wildman–Crippen MR) is 87.6 cm³/mol. The second-order valence-electron chi connectivity index (χ2n) is 5.34. The van der Waals surface area contributed by atoms with E-state index in [0.717, 1.165) is 23.1 Å². The number of pyridine rings is 1. The topological polar surface area (TPSA) is 41.3 Å². The van der Waals surface area contributed by atoms with Crippen molar-refractivity contribution in [3.8, 4) is 0 Å². The van der Waals surface area contributed by atoms with Crippen LogP contribution in [0.15, 0.2) is 47.2 Å². The Balaban J connectivity index is 2.04. The molecule has 0 spiro atoms. The van der Waals surface area contributed by atoms with Crippen molar-refractivity contribution >= 4 is 17.3 Å². The molecular weight excluding hydrogens is 282 g/mol. The van der Waals surface area contributed by atoms with E-state index in [2.05, 4.69) is 29.0 Å². The summed E-state index contributed by atoms with van der Waals surface area (Å²) in [5.41, 5.74) is 0.984. The van der Waals surface area contributed by atoms with Crippen LogP contribution in [0.2, 0.25) is 0 Å². The van der Waals surface area contributed by atoms with Gasteiger partial charge >= 0.3 is 0 Å². The zero-order valence-corrected chi connectivity index (χ0v) is 13.3. The Morgan fingerprint density at radius 2 is 2.14 bits per heavy atom. The molecule has 0 radical (unpaired) electrons. The third-order valence-corrected chi connectivity index (χ3v) is 3.36. The third kappa shape index (κ3) is 5.19. The van der Waals surface area contributed by atoms with Crippen LogP contribution in [0.1, 0.15) is 25.3 Å². The Bertz CT molecular complexity index is 540. The lowest BCUT2D eigenvalue weighted by atomic mass is 10.2. The molecule has 0 aliphatic heterocycles. The molecule has 0 atom stereocenters. The maximum atomic E-state index is 5.51. The van der Waals surface area contributed by atoms with Gasteiger partial charge in [0.25, 0.3) is 0 Å². The van der Waals surface area contributed by atoms with Gasteiger partial charge in [-0.15, -0.1) is 0 Å². The van der Waals surface area contributed by atoms with Crippen molar-refractivity contribution in [2.45, 2.75) is 26.9 Å². The van der Waals surface area contributed by atoms with Crippen LogP contribution in [-0.4, -0.2) is 21.5 Å². The first-order valence-electron chi connectivity index (χ1n) is 7.10. The molecule has 0 aliphatic rings. The molecule has 0 fully saturated rings. The van der Waals surface area contributed by atoms with Crippen LogP contribution in [0.25, 0.3) is 0 Å². The van der Waals surface area contributed by atoms with Crippen LogP contribution in [0.3, 0.4) is 0 Å². The molecule has 0 bridgehead atoms. The predicted octanol–water partition coefficient (Wildman–Crippen LogP) is 3.21. The lowest BCUT2D eigenvalue weighted by Gasteiger charge is -2.25. The molecule has 2 aromatic heterocycles. The van der Waals surface area contributed by atoms with Gasteiger partial charge in [-0.1, -0.05) is 19.9 Å². The van der Waals surface area contributed by atoms with Crippen molar-refractivity contribution in [2.75, 3.05) is 6.54 Å². The highest BCUT2D eigenvalue weighted by Gasteiger charge is 2.13. The van der Waals surface area contributed by atoms with Gasteiger partial charge in [-0.25, -0.2) is 0 Å². The highest BCUT2D eigenvalue weighted by atomic mass is 32.1. The molecule has 0 amide bonds. The number of furan rings is 1. The van der Waals surface area contributed by atoms with Gasteiger partial charge in [-0.05, 0) is 42.4 Å². The molecule has 0 saturated carbocycles. The second kappa shape index (κ2) is 7.78. The summed E-state index contributed by atoms with van der Waals surface area (Å²) < 4.78 is 5.43. The minimum atomic E-state index is 0.545. The van der Waals surface area contributed by atoms with Crippen LogP contribution in [0, 0.1) is 5.92 Å². The van der Waals surface area contributed by atoms with Gasteiger partial charge in [0, 0.05) is 12.7 Å². The summed E-state index contributed by atoms with van der Waals surface area (Å²) in [4.78, 5) is 6.43. The summed E-state index contributed by atoms with van der Waals surface area (Å²) in [6, 6.07) is 9.74. The Morgan fingerprint density at radius 3 is 2.76 bits per heavy atom. The number of aromatic nitrogens is 1. The summed E-state index contributed by atoms with van der Waals surface area (Å²) in [5, 5.41) is 4.03. The number of hydrogen-bond donors (Lipinski definition) is 1. The number of nitrogens with one attached hydrogen (secondary N) is 1. The summed E-state index contributed by atoms with van der Waals surface area (Å²) in [6.45, 7) is 6.46. The fraction of sp³-hybridized carbons (Fsp3) is 0.375. The van der Waals surface area contributed by atoms with E-state index in [4.69, 9.17) is 16.6 Å². The number of rotatable bonds is 6. The Morgan fingerprint density at radius 1 is 1.29 bits per heavy atom. The molecular formula is C16H21N3OS. The van der Waals surface area contributed by atoms with Gasteiger partial charge < -0.3 is 14.6 Å². The maximum Gasteiger partial charge on any atom is 0.169 e. The van der Waals surface area contributed by atoms with E-state index < -0.39 is 0 Å². The van der Waals surface area contributed by atoms with Crippen molar-refractivity contribution in [2.24, 2.45) is 5.92 Å². The molecule has 112 valence electrons. The van der Waals surface area contributed by atoms with Crippen molar-refractivity contribution in [1.29, 1.82) is 0 Å². The standard InChI is InChI=1S/C16H21N3OS/c1-13(2)10-18-16(21)19(12-15-7-5-9-20-15)11-14-6-3-4-8-17-14/h3-9,13H,10-12H2,1-2H3,(H,18,21). The first kappa shape index (κ1) is 15.5. The zero-order chi connectivity index (χ0) is 15.1. The van der Waals surface area contributed by atoms with Crippen LogP contribution >= 0.6 is 12.2 Å². The summed E-state index contributed by atoms with van der Waals surface area (Å²) in [7, 11) is 0. The molecule has 4 nitrogen and oxygen atoms in total. The lowest BCUT2D eigenvalue weighted by Crippen LogP contribution is -2.40. The van der Waals surface area contributed by atoms with Crippen molar-refractivity contribution < 1.29 is 4.42 Å². The molecule has 2 aromatic rings.